The van der Waals surface area contributed by atoms with Gasteiger partial charge in [-0.1, -0.05) is 18.6 Å². The number of rotatable bonds is 3. The molecule has 29 heavy (non-hydrogen) atoms. The fraction of sp³-hybridized carbons (Fsp3) is 0.792. The van der Waals surface area contributed by atoms with Crippen LogP contribution in [0.2, 0.25) is 0 Å². The number of allylic oxidation sites excluding steroid dienone is 1. The van der Waals surface area contributed by atoms with E-state index in [1.54, 1.807) is 0 Å². The Morgan fingerprint density at radius 1 is 1.10 bits per heavy atom. The van der Waals surface area contributed by atoms with Gasteiger partial charge in [0.25, 0.3) is 0 Å². The van der Waals surface area contributed by atoms with E-state index in [1.807, 2.05) is 0 Å². The highest BCUT2D eigenvalue weighted by Gasteiger charge is 2.63. The number of hydrogen-bond acceptors (Lipinski definition) is 4. The summed E-state index contributed by atoms with van der Waals surface area (Å²) in [4.78, 5) is 26.9. The topological polar surface area (TPSA) is 57.0 Å². The fourth-order valence-corrected chi connectivity index (χ4v) is 7.55. The Morgan fingerprint density at radius 2 is 1.86 bits per heavy atom. The minimum atomic E-state index is -0.219. The van der Waals surface area contributed by atoms with Crippen molar-refractivity contribution in [2.75, 3.05) is 6.54 Å². The van der Waals surface area contributed by atoms with Gasteiger partial charge >= 0.3 is 11.9 Å². The van der Waals surface area contributed by atoms with E-state index >= 15 is 0 Å². The van der Waals surface area contributed by atoms with Crippen molar-refractivity contribution < 1.29 is 19.1 Å². The van der Waals surface area contributed by atoms with Crippen LogP contribution < -0.4 is 0 Å². The summed E-state index contributed by atoms with van der Waals surface area (Å²) in [6.45, 7) is 13.5. The summed E-state index contributed by atoms with van der Waals surface area (Å²) in [6, 6.07) is 0. The number of ether oxygens (including phenoxy) is 2. The van der Waals surface area contributed by atoms with Gasteiger partial charge in [0.2, 0.25) is 6.54 Å². The Morgan fingerprint density at radius 3 is 2.55 bits per heavy atom. The van der Waals surface area contributed by atoms with Crippen LogP contribution in [0, 0.1) is 35.2 Å². The maximum Gasteiger partial charge on any atom is 0.302 e. The predicted octanol–water partition coefficient (Wildman–Crippen LogP) is 4.71. The standard InChI is InChI=1S/C24H33NO4/c1-15(26)28-18-9-11-23(3)17(13-18)5-6-19-20(23)10-12-24(14-25-4)21(19)7-8-22(24)29-16(2)27/h5,18-22H,6-14H2,1-3H3/t18-,19?,20?,21?,22-,23-,24+/m0/s1. The SMILES string of the molecule is [C-]#[N+]C[C@]12CCC3C(CC=C4C[C@@H](OC(C)=O)CC[C@@]43C)C1CC[C@@H]2OC(C)=O. The van der Waals surface area contributed by atoms with Gasteiger partial charge in [-0.15, -0.1) is 0 Å². The number of carbonyl (C=O) groups excluding carboxylic acids is 2. The number of carbonyl (C=O) groups is 2. The third kappa shape index (κ3) is 3.29. The van der Waals surface area contributed by atoms with Crippen molar-refractivity contribution in [2.24, 2.45) is 28.6 Å². The molecule has 3 fully saturated rings. The zero-order valence-electron chi connectivity index (χ0n) is 17.9. The number of nitrogens with zero attached hydrogens (tertiary/aromatic N) is 1. The first-order chi connectivity index (χ1) is 13.8. The van der Waals surface area contributed by atoms with Crippen molar-refractivity contribution in [3.63, 3.8) is 0 Å². The molecule has 5 heteroatoms. The molecule has 0 radical (unpaired) electrons. The third-order valence-corrected chi connectivity index (χ3v) is 8.71. The zero-order chi connectivity index (χ0) is 20.8. The highest BCUT2D eigenvalue weighted by molar-refractivity contribution is 5.66. The largest absolute Gasteiger partial charge is 0.462 e. The first-order valence-electron chi connectivity index (χ1n) is 11.2. The molecule has 0 bridgehead atoms. The lowest BCUT2D eigenvalue weighted by atomic mass is 9.47. The Labute approximate surface area is 174 Å². The first-order valence-corrected chi connectivity index (χ1v) is 11.2. The van der Waals surface area contributed by atoms with Crippen molar-refractivity contribution in [1.82, 2.24) is 0 Å². The second kappa shape index (κ2) is 7.45. The molecule has 3 unspecified atom stereocenters. The first kappa shape index (κ1) is 20.4. The highest BCUT2D eigenvalue weighted by Crippen LogP contribution is 2.65. The molecule has 4 rings (SSSR count). The average molecular weight is 400 g/mol. The molecule has 0 amide bonds. The van der Waals surface area contributed by atoms with Crippen molar-refractivity contribution in [3.8, 4) is 0 Å². The lowest BCUT2D eigenvalue weighted by Crippen LogP contribution is -2.53. The van der Waals surface area contributed by atoms with Gasteiger partial charge in [-0.2, -0.15) is 0 Å². The van der Waals surface area contributed by atoms with Crippen LogP contribution >= 0.6 is 0 Å². The summed E-state index contributed by atoms with van der Waals surface area (Å²) in [5.74, 6) is 1.23. The van der Waals surface area contributed by atoms with Gasteiger partial charge < -0.3 is 14.3 Å². The van der Waals surface area contributed by atoms with Gasteiger partial charge in [0, 0.05) is 20.3 Å². The molecule has 0 N–H and O–H groups in total. The summed E-state index contributed by atoms with van der Waals surface area (Å²) in [7, 11) is 0. The molecule has 0 aromatic heterocycles. The van der Waals surface area contributed by atoms with E-state index in [0.29, 0.717) is 24.3 Å². The van der Waals surface area contributed by atoms with Crippen molar-refractivity contribution >= 4 is 11.9 Å². The van der Waals surface area contributed by atoms with Crippen LogP contribution in [-0.4, -0.2) is 30.7 Å². The molecule has 0 heterocycles. The van der Waals surface area contributed by atoms with Gasteiger partial charge in [-0.3, -0.25) is 9.59 Å². The van der Waals surface area contributed by atoms with Crippen molar-refractivity contribution in [2.45, 2.75) is 84.3 Å². The van der Waals surface area contributed by atoms with Crippen molar-refractivity contribution in [3.05, 3.63) is 23.1 Å². The van der Waals surface area contributed by atoms with Gasteiger partial charge in [-0.25, -0.2) is 6.57 Å². The Bertz CT molecular complexity index is 767. The van der Waals surface area contributed by atoms with Crippen LogP contribution in [0.15, 0.2) is 11.6 Å². The molecule has 0 aliphatic heterocycles. The van der Waals surface area contributed by atoms with Gasteiger partial charge in [-0.05, 0) is 68.1 Å². The maximum atomic E-state index is 11.7. The van der Waals surface area contributed by atoms with E-state index in [2.05, 4.69) is 17.8 Å². The molecule has 3 saturated carbocycles. The van der Waals surface area contributed by atoms with E-state index in [0.717, 1.165) is 51.4 Å². The fourth-order valence-electron chi connectivity index (χ4n) is 7.55. The van der Waals surface area contributed by atoms with Crippen LogP contribution in [0.3, 0.4) is 0 Å². The third-order valence-electron chi connectivity index (χ3n) is 8.71. The van der Waals surface area contributed by atoms with Crippen LogP contribution in [0.5, 0.6) is 0 Å². The second-order valence-electron chi connectivity index (χ2n) is 10.00. The summed E-state index contributed by atoms with van der Waals surface area (Å²) < 4.78 is 11.3. The smallest absolute Gasteiger partial charge is 0.302 e. The zero-order valence-corrected chi connectivity index (χ0v) is 17.9. The lowest BCUT2D eigenvalue weighted by Gasteiger charge is -2.57. The quantitative estimate of drug-likeness (QED) is 0.392. The Balaban J connectivity index is 1.60. The van der Waals surface area contributed by atoms with Crippen molar-refractivity contribution in [1.29, 1.82) is 0 Å². The molecule has 0 saturated heterocycles. The number of esters is 2. The minimum absolute atomic E-state index is 0.0213. The maximum absolute atomic E-state index is 11.7. The van der Waals surface area contributed by atoms with Crippen LogP contribution in [0.4, 0.5) is 0 Å². The summed E-state index contributed by atoms with van der Waals surface area (Å²) >= 11 is 0. The van der Waals surface area contributed by atoms with Gasteiger partial charge in [0.05, 0.1) is 5.41 Å². The molecular formula is C24H33NO4. The van der Waals surface area contributed by atoms with E-state index in [9.17, 15) is 9.59 Å². The number of fused-ring (bicyclic) bond motifs is 5. The monoisotopic (exact) mass is 399 g/mol. The van der Waals surface area contributed by atoms with Crippen LogP contribution in [0.1, 0.15) is 72.1 Å². The van der Waals surface area contributed by atoms with E-state index in [-0.39, 0.29) is 35.0 Å². The summed E-state index contributed by atoms with van der Waals surface area (Å²) in [6.07, 6.45) is 10.3. The lowest BCUT2D eigenvalue weighted by molar-refractivity contribution is -0.157. The number of hydrogen-bond donors (Lipinski definition) is 0. The molecule has 0 aromatic rings. The van der Waals surface area contributed by atoms with E-state index in [1.165, 1.54) is 19.4 Å². The predicted molar refractivity (Wildman–Crippen MR) is 109 cm³/mol. The van der Waals surface area contributed by atoms with Gasteiger partial charge in [0.1, 0.15) is 12.2 Å². The minimum Gasteiger partial charge on any atom is -0.462 e. The van der Waals surface area contributed by atoms with E-state index in [4.69, 9.17) is 16.0 Å². The summed E-state index contributed by atoms with van der Waals surface area (Å²) in [5.41, 5.74) is 1.48. The van der Waals surface area contributed by atoms with Crippen LogP contribution in [0.25, 0.3) is 4.85 Å². The molecule has 4 aliphatic rings. The molecule has 158 valence electrons. The molecule has 7 atom stereocenters. The van der Waals surface area contributed by atoms with E-state index < -0.39 is 0 Å². The second-order valence-corrected chi connectivity index (χ2v) is 10.00. The van der Waals surface area contributed by atoms with Gasteiger partial charge in [0.15, 0.2) is 0 Å². The molecular weight excluding hydrogens is 366 g/mol. The molecule has 4 aliphatic carbocycles. The highest BCUT2D eigenvalue weighted by atomic mass is 16.5. The molecule has 0 aromatic carbocycles. The normalized spacial score (nSPS) is 43.1. The van der Waals surface area contributed by atoms with Crippen LogP contribution in [-0.2, 0) is 19.1 Å². The molecule has 5 nitrogen and oxygen atoms in total. The average Bonchev–Trinajstić information content (AvgIpc) is 3.00. The Hall–Kier alpha value is -1.83. The Kier molecular flexibility index (Phi) is 5.25. The summed E-state index contributed by atoms with van der Waals surface area (Å²) in [5, 5.41) is 0. The molecule has 0 spiro atoms.